The van der Waals surface area contributed by atoms with Crippen LogP contribution in [0.25, 0.3) is 0 Å². The van der Waals surface area contributed by atoms with Gasteiger partial charge < -0.3 is 4.90 Å². The van der Waals surface area contributed by atoms with Crippen LogP contribution in [-0.4, -0.2) is 24.1 Å². The maximum atomic E-state index is 13.3. The number of amides is 2. The van der Waals surface area contributed by atoms with Crippen molar-refractivity contribution in [1.29, 1.82) is 0 Å². The van der Waals surface area contributed by atoms with Crippen LogP contribution in [0.4, 0.5) is 14.5 Å². The average molecular weight is 297 g/mol. The fourth-order valence-corrected chi connectivity index (χ4v) is 2.14. The first kappa shape index (κ1) is 15.0. The van der Waals surface area contributed by atoms with Crippen molar-refractivity contribution >= 4 is 23.3 Å². The van der Waals surface area contributed by atoms with Crippen molar-refractivity contribution in [2.24, 2.45) is 5.84 Å². The van der Waals surface area contributed by atoms with Gasteiger partial charge >= 0.3 is 0 Å². The SMILES string of the molecule is NNC(=O)CCCCN1C(=O)C(=O)c2cc(F)c(F)cc21. The molecule has 8 heteroatoms. The van der Waals surface area contributed by atoms with Gasteiger partial charge in [0.25, 0.3) is 11.7 Å². The van der Waals surface area contributed by atoms with E-state index in [1.165, 1.54) is 0 Å². The van der Waals surface area contributed by atoms with E-state index < -0.39 is 23.3 Å². The largest absolute Gasteiger partial charge is 0.305 e. The number of hydrazine groups is 1. The van der Waals surface area contributed by atoms with Crippen molar-refractivity contribution < 1.29 is 23.2 Å². The van der Waals surface area contributed by atoms with Gasteiger partial charge in [0.05, 0.1) is 11.3 Å². The molecule has 6 nitrogen and oxygen atoms in total. The number of fused-ring (bicyclic) bond motifs is 1. The lowest BCUT2D eigenvalue weighted by Crippen LogP contribution is -2.32. The molecule has 1 aliphatic rings. The standard InChI is InChI=1S/C13H13F2N3O3/c14-8-5-7-10(6-9(8)15)18(13(21)12(7)20)4-2-1-3-11(19)17-16/h5-6H,1-4,16H2,(H,17,19). The molecule has 1 aromatic carbocycles. The summed E-state index contributed by atoms with van der Waals surface area (Å²) in [5.41, 5.74) is 1.90. The zero-order valence-electron chi connectivity index (χ0n) is 11.0. The van der Waals surface area contributed by atoms with Crippen molar-refractivity contribution in [2.45, 2.75) is 19.3 Å². The minimum atomic E-state index is -1.17. The molecule has 0 bridgehead atoms. The first-order chi connectivity index (χ1) is 9.95. The number of unbranched alkanes of at least 4 members (excludes halogenated alkanes) is 1. The fraction of sp³-hybridized carbons (Fsp3) is 0.308. The number of Topliss-reactive ketones (excluding diaryl/α,β-unsaturated/α-hetero) is 1. The second-order valence-corrected chi connectivity index (χ2v) is 4.59. The summed E-state index contributed by atoms with van der Waals surface area (Å²) >= 11 is 0. The van der Waals surface area contributed by atoms with Crippen LogP contribution in [0.15, 0.2) is 12.1 Å². The molecule has 1 aliphatic heterocycles. The molecule has 0 unspecified atom stereocenters. The van der Waals surface area contributed by atoms with Crippen molar-refractivity contribution in [3.8, 4) is 0 Å². The van der Waals surface area contributed by atoms with Crippen LogP contribution >= 0.6 is 0 Å². The van der Waals surface area contributed by atoms with E-state index in [-0.39, 0.29) is 30.1 Å². The van der Waals surface area contributed by atoms with Crippen LogP contribution in [0, 0.1) is 11.6 Å². The van der Waals surface area contributed by atoms with Crippen LogP contribution in [-0.2, 0) is 9.59 Å². The Morgan fingerprint density at radius 2 is 1.86 bits per heavy atom. The fourth-order valence-electron chi connectivity index (χ4n) is 2.14. The van der Waals surface area contributed by atoms with Crippen LogP contribution in [0.5, 0.6) is 0 Å². The van der Waals surface area contributed by atoms with Gasteiger partial charge in [-0.1, -0.05) is 0 Å². The van der Waals surface area contributed by atoms with E-state index >= 15 is 0 Å². The maximum Gasteiger partial charge on any atom is 0.299 e. The first-order valence-corrected chi connectivity index (χ1v) is 6.30. The molecule has 0 fully saturated rings. The summed E-state index contributed by atoms with van der Waals surface area (Å²) in [6.45, 7) is 0.139. The molecule has 2 rings (SSSR count). The Bertz CT molecular complexity index is 619. The van der Waals surface area contributed by atoms with Gasteiger partial charge in [0.2, 0.25) is 5.91 Å². The molecular weight excluding hydrogens is 284 g/mol. The second kappa shape index (κ2) is 5.96. The predicted octanol–water partition coefficient (Wildman–Crippen LogP) is 0.654. The minimum Gasteiger partial charge on any atom is -0.305 e. The Balaban J connectivity index is 2.08. The van der Waals surface area contributed by atoms with E-state index in [1.807, 2.05) is 5.43 Å². The van der Waals surface area contributed by atoms with Crippen molar-refractivity contribution in [3.63, 3.8) is 0 Å². The highest BCUT2D eigenvalue weighted by atomic mass is 19.2. The normalized spacial score (nSPS) is 13.6. The van der Waals surface area contributed by atoms with Gasteiger partial charge in [-0.25, -0.2) is 14.6 Å². The monoisotopic (exact) mass is 297 g/mol. The quantitative estimate of drug-likeness (QED) is 0.274. The van der Waals surface area contributed by atoms with Crippen molar-refractivity contribution in [1.82, 2.24) is 5.43 Å². The molecule has 0 radical (unpaired) electrons. The molecule has 1 aromatic rings. The predicted molar refractivity (Wildman–Crippen MR) is 69.2 cm³/mol. The van der Waals surface area contributed by atoms with Gasteiger partial charge in [0.15, 0.2) is 11.6 Å². The number of halogens is 2. The lowest BCUT2D eigenvalue weighted by molar-refractivity contribution is -0.121. The molecule has 0 spiro atoms. The summed E-state index contributed by atoms with van der Waals surface area (Å²) in [5, 5.41) is 0. The number of carbonyl (C=O) groups is 3. The molecule has 1 heterocycles. The summed E-state index contributed by atoms with van der Waals surface area (Å²) in [6, 6.07) is 1.56. The lowest BCUT2D eigenvalue weighted by atomic mass is 10.1. The smallest absolute Gasteiger partial charge is 0.299 e. The number of carbonyl (C=O) groups excluding carboxylic acids is 3. The zero-order valence-corrected chi connectivity index (χ0v) is 11.0. The Kier molecular flexibility index (Phi) is 4.27. The molecule has 0 saturated heterocycles. The molecule has 0 aromatic heterocycles. The van der Waals surface area contributed by atoms with E-state index in [1.54, 1.807) is 0 Å². The number of nitrogens with two attached hydrogens (primary N) is 1. The molecule has 0 saturated carbocycles. The number of anilines is 1. The maximum absolute atomic E-state index is 13.3. The Morgan fingerprint density at radius 3 is 2.52 bits per heavy atom. The zero-order chi connectivity index (χ0) is 15.6. The van der Waals surface area contributed by atoms with E-state index in [2.05, 4.69) is 0 Å². The number of rotatable bonds is 5. The Labute approximate surface area is 118 Å². The summed E-state index contributed by atoms with van der Waals surface area (Å²) in [5.74, 6) is 0.614. The number of hydrogen-bond acceptors (Lipinski definition) is 4. The van der Waals surface area contributed by atoms with Crippen molar-refractivity contribution in [2.75, 3.05) is 11.4 Å². The highest BCUT2D eigenvalue weighted by molar-refractivity contribution is 6.52. The number of benzene rings is 1. The molecule has 3 N–H and O–H groups in total. The topological polar surface area (TPSA) is 92.5 Å². The van der Waals surface area contributed by atoms with Crippen LogP contribution in [0.3, 0.4) is 0 Å². The van der Waals surface area contributed by atoms with Gasteiger partial charge in [-0.2, -0.15) is 0 Å². The van der Waals surface area contributed by atoms with E-state index in [9.17, 15) is 23.2 Å². The van der Waals surface area contributed by atoms with E-state index in [0.29, 0.717) is 12.8 Å². The summed E-state index contributed by atoms with van der Waals surface area (Å²) in [4.78, 5) is 35.5. The average Bonchev–Trinajstić information content (AvgIpc) is 2.68. The number of nitrogens with one attached hydrogen (secondary N) is 1. The first-order valence-electron chi connectivity index (χ1n) is 6.30. The number of ketones is 1. The highest BCUT2D eigenvalue weighted by Crippen LogP contribution is 2.31. The van der Waals surface area contributed by atoms with Crippen LogP contribution < -0.4 is 16.2 Å². The molecule has 112 valence electrons. The molecule has 21 heavy (non-hydrogen) atoms. The van der Waals surface area contributed by atoms with Gasteiger partial charge in [0.1, 0.15) is 0 Å². The summed E-state index contributed by atoms with van der Waals surface area (Å²) in [7, 11) is 0. The van der Waals surface area contributed by atoms with E-state index in [0.717, 1.165) is 17.0 Å². The summed E-state index contributed by atoms with van der Waals surface area (Å²) in [6.07, 6.45) is 1.04. The Morgan fingerprint density at radius 1 is 1.19 bits per heavy atom. The third-order valence-electron chi connectivity index (χ3n) is 3.21. The number of nitrogens with zero attached hydrogens (tertiary/aromatic N) is 1. The van der Waals surface area contributed by atoms with Gasteiger partial charge in [0, 0.05) is 19.0 Å². The van der Waals surface area contributed by atoms with Gasteiger partial charge in [-0.3, -0.25) is 19.8 Å². The summed E-state index contributed by atoms with van der Waals surface area (Å²) < 4.78 is 26.4. The molecule has 0 atom stereocenters. The Hall–Kier alpha value is -2.35. The minimum absolute atomic E-state index is 0.0622. The van der Waals surface area contributed by atoms with Crippen molar-refractivity contribution in [3.05, 3.63) is 29.3 Å². The van der Waals surface area contributed by atoms with Crippen LogP contribution in [0.1, 0.15) is 29.6 Å². The molecule has 0 aliphatic carbocycles. The van der Waals surface area contributed by atoms with Gasteiger partial charge in [-0.15, -0.1) is 0 Å². The highest BCUT2D eigenvalue weighted by Gasteiger charge is 2.36. The third-order valence-corrected chi connectivity index (χ3v) is 3.21. The van der Waals surface area contributed by atoms with Gasteiger partial charge in [-0.05, 0) is 18.9 Å². The van der Waals surface area contributed by atoms with E-state index in [4.69, 9.17) is 5.84 Å². The third kappa shape index (κ3) is 2.89. The lowest BCUT2D eigenvalue weighted by Gasteiger charge is -2.16. The second-order valence-electron chi connectivity index (χ2n) is 4.59. The molecule has 2 amide bonds. The van der Waals surface area contributed by atoms with Crippen LogP contribution in [0.2, 0.25) is 0 Å². The molecular formula is C13H13F2N3O3. The number of hydrogen-bond donors (Lipinski definition) is 2.